The number of methoxy groups -OCH3 is 1. The van der Waals surface area contributed by atoms with Crippen LogP contribution < -0.4 is 0 Å². The van der Waals surface area contributed by atoms with Gasteiger partial charge in [0.2, 0.25) is 0 Å². The number of carbonyl (C=O) groups is 2. The average Bonchev–Trinajstić information content (AvgIpc) is 2.66. The van der Waals surface area contributed by atoms with Crippen molar-refractivity contribution in [3.63, 3.8) is 0 Å². The summed E-state index contributed by atoms with van der Waals surface area (Å²) in [7, 11) is 1.40. The second-order valence-corrected chi connectivity index (χ2v) is 11.2. The lowest BCUT2D eigenvalue weighted by atomic mass is 9.70. The Kier molecular flexibility index (Phi) is 8.17. The molecule has 29 heavy (non-hydrogen) atoms. The van der Waals surface area contributed by atoms with Crippen molar-refractivity contribution in [2.45, 2.75) is 99.4 Å². The lowest BCUT2D eigenvalue weighted by Gasteiger charge is -2.37. The molecule has 2 aliphatic rings. The van der Waals surface area contributed by atoms with Crippen LogP contribution in [0.15, 0.2) is 0 Å². The molecule has 2 rings (SSSR count). The van der Waals surface area contributed by atoms with Gasteiger partial charge in [0, 0.05) is 7.11 Å². The van der Waals surface area contributed by atoms with E-state index in [4.69, 9.17) is 14.2 Å². The molecule has 0 unspecified atom stereocenters. The second-order valence-electron chi connectivity index (χ2n) is 11.2. The predicted octanol–water partition coefficient (Wildman–Crippen LogP) is 5.71. The van der Waals surface area contributed by atoms with E-state index in [0.29, 0.717) is 11.8 Å². The van der Waals surface area contributed by atoms with Crippen LogP contribution >= 0.6 is 0 Å². The maximum Gasteiger partial charge on any atom is 0.364 e. The Balaban J connectivity index is 1.79. The van der Waals surface area contributed by atoms with E-state index in [1.54, 1.807) is 0 Å². The third-order valence-electron chi connectivity index (χ3n) is 7.19. The van der Waals surface area contributed by atoms with Crippen LogP contribution in [-0.2, 0) is 23.8 Å². The fraction of sp³-hybridized carbons (Fsp3) is 0.917. The van der Waals surface area contributed by atoms with Gasteiger partial charge in [0.05, 0.1) is 11.8 Å². The molecule has 0 atom stereocenters. The van der Waals surface area contributed by atoms with Crippen LogP contribution in [0.2, 0.25) is 0 Å². The maximum atomic E-state index is 12.5. The Morgan fingerprint density at radius 2 is 0.966 bits per heavy atom. The largest absolute Gasteiger partial charge is 0.400 e. The summed E-state index contributed by atoms with van der Waals surface area (Å²) >= 11 is 0. The van der Waals surface area contributed by atoms with Crippen molar-refractivity contribution in [3.05, 3.63) is 0 Å². The van der Waals surface area contributed by atoms with Crippen molar-refractivity contribution in [1.82, 2.24) is 0 Å². The monoisotopic (exact) mass is 410 g/mol. The van der Waals surface area contributed by atoms with Crippen molar-refractivity contribution < 1.29 is 23.8 Å². The summed E-state index contributed by atoms with van der Waals surface area (Å²) in [5.74, 6) is 0.373. The number of rotatable bonds is 5. The van der Waals surface area contributed by atoms with Crippen LogP contribution in [-0.4, -0.2) is 25.5 Å². The summed E-state index contributed by atoms with van der Waals surface area (Å²) in [6.45, 7) is 12.3. The molecule has 0 heterocycles. The molecule has 0 aromatic rings. The normalized spacial score (nSPS) is 29.8. The van der Waals surface area contributed by atoms with Gasteiger partial charge in [-0.3, -0.25) is 9.59 Å². The number of esters is 2. The molecule has 2 aliphatic carbocycles. The van der Waals surface area contributed by atoms with Gasteiger partial charge in [0.1, 0.15) is 0 Å². The molecule has 0 amide bonds. The van der Waals surface area contributed by atoms with E-state index in [1.165, 1.54) is 7.11 Å². The highest BCUT2D eigenvalue weighted by atomic mass is 16.9. The minimum atomic E-state index is -1.24. The molecule has 0 saturated heterocycles. The standard InChI is InChI=1S/C24H42O5/c1-23(2,3)18-12-8-16(9-13-18)20(25)28-22(27-7)29-21(26)17-10-14-19(15-11-17)24(4,5)6/h16-19,22H,8-15H2,1-7H3. The highest BCUT2D eigenvalue weighted by Gasteiger charge is 2.36. The van der Waals surface area contributed by atoms with Crippen LogP contribution in [0.4, 0.5) is 0 Å². The number of hydrogen-bond donors (Lipinski definition) is 0. The van der Waals surface area contributed by atoms with Gasteiger partial charge in [-0.15, -0.1) is 0 Å². The lowest BCUT2D eigenvalue weighted by Crippen LogP contribution is -2.35. The van der Waals surface area contributed by atoms with Crippen molar-refractivity contribution in [2.24, 2.45) is 34.5 Å². The van der Waals surface area contributed by atoms with E-state index in [1.807, 2.05) is 0 Å². The lowest BCUT2D eigenvalue weighted by molar-refractivity contribution is -0.262. The number of ether oxygens (including phenoxy) is 3. The first kappa shape index (κ1) is 24.2. The molecule has 0 aromatic heterocycles. The zero-order chi connectivity index (χ0) is 21.8. The van der Waals surface area contributed by atoms with E-state index in [-0.39, 0.29) is 34.6 Å². The zero-order valence-electron chi connectivity index (χ0n) is 19.6. The Morgan fingerprint density at radius 1 is 0.655 bits per heavy atom. The summed E-state index contributed by atoms with van der Waals surface area (Å²) in [6, 6.07) is 0. The third kappa shape index (κ3) is 6.97. The van der Waals surface area contributed by atoms with Crippen LogP contribution in [0.3, 0.4) is 0 Å². The van der Waals surface area contributed by atoms with Gasteiger partial charge in [-0.05, 0) is 74.0 Å². The molecular formula is C24H42O5. The summed E-state index contributed by atoms with van der Waals surface area (Å²) < 4.78 is 15.9. The highest BCUT2D eigenvalue weighted by Crippen LogP contribution is 2.41. The SMILES string of the molecule is COC(OC(=O)C1CCC(C(C)(C)C)CC1)OC(=O)C1CCC(C(C)(C)C)CC1. The van der Waals surface area contributed by atoms with E-state index >= 15 is 0 Å². The van der Waals surface area contributed by atoms with E-state index < -0.39 is 6.48 Å². The first-order valence-corrected chi connectivity index (χ1v) is 11.4. The minimum Gasteiger partial charge on any atom is -0.400 e. The van der Waals surface area contributed by atoms with Crippen molar-refractivity contribution >= 4 is 11.9 Å². The number of carbonyl (C=O) groups excluding carboxylic acids is 2. The molecule has 5 nitrogen and oxygen atoms in total. The quantitative estimate of drug-likeness (QED) is 0.429. The van der Waals surface area contributed by atoms with Crippen molar-refractivity contribution in [3.8, 4) is 0 Å². The topological polar surface area (TPSA) is 61.8 Å². The molecule has 2 saturated carbocycles. The first-order valence-electron chi connectivity index (χ1n) is 11.4. The molecule has 168 valence electrons. The fourth-order valence-corrected chi connectivity index (χ4v) is 4.89. The van der Waals surface area contributed by atoms with Gasteiger partial charge in [-0.25, -0.2) is 0 Å². The summed E-state index contributed by atoms with van der Waals surface area (Å²) in [5, 5.41) is 0. The molecule has 2 fully saturated rings. The molecule has 0 N–H and O–H groups in total. The maximum absolute atomic E-state index is 12.5. The first-order chi connectivity index (χ1) is 13.4. The predicted molar refractivity (Wildman–Crippen MR) is 113 cm³/mol. The van der Waals surface area contributed by atoms with Crippen LogP contribution in [0.1, 0.15) is 92.9 Å². The van der Waals surface area contributed by atoms with Gasteiger partial charge in [0.15, 0.2) is 0 Å². The fourth-order valence-electron chi connectivity index (χ4n) is 4.89. The van der Waals surface area contributed by atoms with Crippen molar-refractivity contribution in [2.75, 3.05) is 7.11 Å². The Labute approximate surface area is 177 Å². The number of hydrogen-bond acceptors (Lipinski definition) is 5. The molecule has 5 heteroatoms. The molecule has 0 radical (unpaired) electrons. The molecule has 0 aromatic carbocycles. The van der Waals surface area contributed by atoms with E-state index in [0.717, 1.165) is 51.4 Å². The average molecular weight is 411 g/mol. The van der Waals surface area contributed by atoms with Gasteiger partial charge in [-0.2, -0.15) is 0 Å². The zero-order valence-corrected chi connectivity index (χ0v) is 19.6. The summed E-state index contributed by atoms with van der Waals surface area (Å²) in [6.07, 6.45) is 7.39. The van der Waals surface area contributed by atoms with Gasteiger partial charge < -0.3 is 14.2 Å². The Morgan fingerprint density at radius 3 is 1.21 bits per heavy atom. The van der Waals surface area contributed by atoms with E-state index in [9.17, 15) is 9.59 Å². The molecule has 0 aliphatic heterocycles. The smallest absolute Gasteiger partial charge is 0.364 e. The summed E-state index contributed by atoms with van der Waals surface area (Å²) in [4.78, 5) is 25.1. The van der Waals surface area contributed by atoms with Gasteiger partial charge in [0.25, 0.3) is 0 Å². The van der Waals surface area contributed by atoms with Crippen molar-refractivity contribution in [1.29, 1.82) is 0 Å². The minimum absolute atomic E-state index is 0.132. The van der Waals surface area contributed by atoms with E-state index in [2.05, 4.69) is 41.5 Å². The summed E-state index contributed by atoms with van der Waals surface area (Å²) in [5.41, 5.74) is 0.539. The highest BCUT2D eigenvalue weighted by molar-refractivity contribution is 5.74. The third-order valence-corrected chi connectivity index (χ3v) is 7.19. The van der Waals surface area contributed by atoms with Crippen LogP contribution in [0.25, 0.3) is 0 Å². The second kappa shape index (κ2) is 9.80. The Hall–Kier alpha value is -1.10. The molecule has 0 bridgehead atoms. The molecule has 0 spiro atoms. The molecular weight excluding hydrogens is 368 g/mol. The van der Waals surface area contributed by atoms with Crippen LogP contribution in [0, 0.1) is 34.5 Å². The van der Waals surface area contributed by atoms with Crippen LogP contribution in [0.5, 0.6) is 0 Å². The van der Waals surface area contributed by atoms with Gasteiger partial charge in [-0.1, -0.05) is 41.5 Å². The Bertz CT molecular complexity index is 493. The van der Waals surface area contributed by atoms with Gasteiger partial charge >= 0.3 is 18.4 Å².